The van der Waals surface area contributed by atoms with Gasteiger partial charge in [-0.1, -0.05) is 44.2 Å². The van der Waals surface area contributed by atoms with Gasteiger partial charge in [-0.2, -0.15) is 0 Å². The van der Waals surface area contributed by atoms with Gasteiger partial charge in [0.25, 0.3) is 0 Å². The molecular formula is C18H28N2O. The first-order valence-corrected chi connectivity index (χ1v) is 8.13. The minimum atomic E-state index is -0.278. The summed E-state index contributed by atoms with van der Waals surface area (Å²) in [5.74, 6) is 0.643. The standard InChI is InChI=1S/C18H28N2O/c1-18(2,16-11-7-12-19-14-16)17(21)20-13-6-10-15-8-4-3-5-9-15/h3-5,8-9,16,19H,6-7,10-14H2,1-2H3,(H,20,21). The first-order valence-electron chi connectivity index (χ1n) is 8.13. The summed E-state index contributed by atoms with van der Waals surface area (Å²) in [6, 6.07) is 10.4. The molecule has 21 heavy (non-hydrogen) atoms. The van der Waals surface area contributed by atoms with Crippen LogP contribution in [0.4, 0.5) is 0 Å². The second-order valence-corrected chi connectivity index (χ2v) is 6.61. The van der Waals surface area contributed by atoms with Crippen molar-refractivity contribution in [1.82, 2.24) is 10.6 Å². The number of aryl methyl sites for hydroxylation is 1. The summed E-state index contributed by atoms with van der Waals surface area (Å²) in [4.78, 5) is 12.4. The molecule has 1 saturated heterocycles. The maximum atomic E-state index is 12.4. The van der Waals surface area contributed by atoms with Crippen molar-refractivity contribution in [3.63, 3.8) is 0 Å². The van der Waals surface area contributed by atoms with Gasteiger partial charge in [-0.3, -0.25) is 4.79 Å². The van der Waals surface area contributed by atoms with Crippen molar-refractivity contribution in [3.8, 4) is 0 Å². The van der Waals surface area contributed by atoms with E-state index in [1.165, 1.54) is 12.0 Å². The molecule has 0 spiro atoms. The third-order valence-corrected chi connectivity index (χ3v) is 4.67. The Bertz CT molecular complexity index is 436. The van der Waals surface area contributed by atoms with Gasteiger partial charge in [0.15, 0.2) is 0 Å². The van der Waals surface area contributed by atoms with Crippen LogP contribution in [0.3, 0.4) is 0 Å². The number of carbonyl (C=O) groups excluding carboxylic acids is 1. The van der Waals surface area contributed by atoms with Crippen molar-refractivity contribution in [2.75, 3.05) is 19.6 Å². The molecule has 1 atom stereocenters. The minimum absolute atomic E-state index is 0.198. The molecule has 1 unspecified atom stereocenters. The fraction of sp³-hybridized carbons (Fsp3) is 0.611. The van der Waals surface area contributed by atoms with Gasteiger partial charge >= 0.3 is 0 Å². The summed E-state index contributed by atoms with van der Waals surface area (Å²) in [6.45, 7) is 6.97. The van der Waals surface area contributed by atoms with Gasteiger partial charge in [0.05, 0.1) is 0 Å². The van der Waals surface area contributed by atoms with E-state index in [0.29, 0.717) is 5.92 Å². The fourth-order valence-corrected chi connectivity index (χ4v) is 3.02. The van der Waals surface area contributed by atoms with Gasteiger partial charge < -0.3 is 10.6 Å². The highest BCUT2D eigenvalue weighted by molar-refractivity contribution is 5.82. The summed E-state index contributed by atoms with van der Waals surface area (Å²) >= 11 is 0. The average Bonchev–Trinajstić information content (AvgIpc) is 2.53. The maximum absolute atomic E-state index is 12.4. The van der Waals surface area contributed by atoms with Crippen molar-refractivity contribution in [2.24, 2.45) is 11.3 Å². The molecule has 2 rings (SSSR count). The number of hydrogen-bond donors (Lipinski definition) is 2. The molecule has 3 heteroatoms. The van der Waals surface area contributed by atoms with Gasteiger partial charge in [-0.05, 0) is 50.3 Å². The lowest BCUT2D eigenvalue weighted by atomic mass is 9.74. The predicted molar refractivity (Wildman–Crippen MR) is 87.1 cm³/mol. The Labute approximate surface area is 128 Å². The van der Waals surface area contributed by atoms with Crippen LogP contribution >= 0.6 is 0 Å². The van der Waals surface area contributed by atoms with Crippen molar-refractivity contribution in [2.45, 2.75) is 39.5 Å². The van der Waals surface area contributed by atoms with E-state index in [4.69, 9.17) is 0 Å². The number of carbonyl (C=O) groups is 1. The molecule has 1 fully saturated rings. The van der Waals surface area contributed by atoms with E-state index in [9.17, 15) is 4.79 Å². The molecule has 1 aromatic carbocycles. The minimum Gasteiger partial charge on any atom is -0.356 e. The van der Waals surface area contributed by atoms with E-state index in [-0.39, 0.29) is 11.3 Å². The molecule has 116 valence electrons. The van der Waals surface area contributed by atoms with Gasteiger partial charge in [-0.25, -0.2) is 0 Å². The number of benzene rings is 1. The van der Waals surface area contributed by atoms with Crippen molar-refractivity contribution in [1.29, 1.82) is 0 Å². The highest BCUT2D eigenvalue weighted by Gasteiger charge is 2.36. The Kier molecular flexibility index (Phi) is 5.80. The largest absolute Gasteiger partial charge is 0.356 e. The number of hydrogen-bond acceptors (Lipinski definition) is 2. The number of piperidine rings is 1. The summed E-state index contributed by atoms with van der Waals surface area (Å²) in [6.07, 6.45) is 4.34. The lowest BCUT2D eigenvalue weighted by molar-refractivity contribution is -0.132. The smallest absolute Gasteiger partial charge is 0.225 e. The molecule has 0 saturated carbocycles. The zero-order chi connectivity index (χ0) is 15.1. The van der Waals surface area contributed by atoms with Crippen molar-refractivity contribution in [3.05, 3.63) is 35.9 Å². The molecule has 0 aromatic heterocycles. The second kappa shape index (κ2) is 7.60. The van der Waals surface area contributed by atoms with Crippen LogP contribution < -0.4 is 10.6 Å². The first-order chi connectivity index (χ1) is 10.1. The van der Waals surface area contributed by atoms with E-state index in [1.54, 1.807) is 0 Å². The van der Waals surface area contributed by atoms with Crippen LogP contribution in [-0.4, -0.2) is 25.5 Å². The lowest BCUT2D eigenvalue weighted by Crippen LogP contribution is -2.47. The average molecular weight is 288 g/mol. The number of amides is 1. The molecule has 2 N–H and O–H groups in total. The van der Waals surface area contributed by atoms with Crippen LogP contribution in [0.15, 0.2) is 30.3 Å². The third-order valence-electron chi connectivity index (χ3n) is 4.67. The summed E-state index contributed by atoms with van der Waals surface area (Å²) in [7, 11) is 0. The molecule has 0 aliphatic carbocycles. The molecule has 3 nitrogen and oxygen atoms in total. The topological polar surface area (TPSA) is 41.1 Å². The van der Waals surface area contributed by atoms with E-state index in [1.807, 2.05) is 6.07 Å². The lowest BCUT2D eigenvalue weighted by Gasteiger charge is -2.36. The van der Waals surface area contributed by atoms with Crippen LogP contribution in [0.5, 0.6) is 0 Å². The Morgan fingerprint density at radius 1 is 1.33 bits per heavy atom. The molecule has 1 aliphatic rings. The molecule has 1 amide bonds. The Hall–Kier alpha value is -1.35. The first kappa shape index (κ1) is 16.0. The maximum Gasteiger partial charge on any atom is 0.225 e. The van der Waals surface area contributed by atoms with E-state index in [0.717, 1.165) is 38.9 Å². The van der Waals surface area contributed by atoms with Crippen LogP contribution in [-0.2, 0) is 11.2 Å². The molecular weight excluding hydrogens is 260 g/mol. The molecule has 1 aromatic rings. The van der Waals surface area contributed by atoms with Crippen LogP contribution in [0, 0.1) is 11.3 Å². The van der Waals surface area contributed by atoms with Gasteiger partial charge in [-0.15, -0.1) is 0 Å². The highest BCUT2D eigenvalue weighted by Crippen LogP contribution is 2.31. The van der Waals surface area contributed by atoms with Gasteiger partial charge in [0.2, 0.25) is 5.91 Å². The van der Waals surface area contributed by atoms with Crippen LogP contribution in [0.25, 0.3) is 0 Å². The van der Waals surface area contributed by atoms with Crippen LogP contribution in [0.2, 0.25) is 0 Å². The zero-order valence-electron chi connectivity index (χ0n) is 13.3. The second-order valence-electron chi connectivity index (χ2n) is 6.61. The van der Waals surface area contributed by atoms with Gasteiger partial charge in [0.1, 0.15) is 0 Å². The summed E-state index contributed by atoms with van der Waals surface area (Å²) in [5, 5.41) is 6.53. The van der Waals surface area contributed by atoms with E-state index >= 15 is 0 Å². The SMILES string of the molecule is CC(C)(C(=O)NCCCc1ccccc1)C1CCCNC1. The van der Waals surface area contributed by atoms with Crippen molar-refractivity contribution < 1.29 is 4.79 Å². The molecule has 1 heterocycles. The molecule has 1 aliphatic heterocycles. The number of nitrogens with one attached hydrogen (secondary N) is 2. The fourth-order valence-electron chi connectivity index (χ4n) is 3.02. The number of rotatable bonds is 6. The normalized spacial score (nSPS) is 19.2. The monoisotopic (exact) mass is 288 g/mol. The van der Waals surface area contributed by atoms with Gasteiger partial charge in [0, 0.05) is 12.0 Å². The Morgan fingerprint density at radius 2 is 2.10 bits per heavy atom. The summed E-state index contributed by atoms with van der Waals surface area (Å²) in [5.41, 5.74) is 1.06. The summed E-state index contributed by atoms with van der Waals surface area (Å²) < 4.78 is 0. The Morgan fingerprint density at radius 3 is 2.76 bits per heavy atom. The quantitative estimate of drug-likeness (QED) is 0.790. The zero-order valence-corrected chi connectivity index (χ0v) is 13.3. The predicted octanol–water partition coefficient (Wildman–Crippen LogP) is 2.76. The van der Waals surface area contributed by atoms with Crippen LogP contribution in [0.1, 0.15) is 38.7 Å². The Balaban J connectivity index is 1.73. The molecule has 0 bridgehead atoms. The van der Waals surface area contributed by atoms with E-state index < -0.39 is 0 Å². The highest BCUT2D eigenvalue weighted by atomic mass is 16.2. The van der Waals surface area contributed by atoms with E-state index in [2.05, 4.69) is 48.7 Å². The van der Waals surface area contributed by atoms with Crippen molar-refractivity contribution >= 4 is 5.91 Å². The third kappa shape index (κ3) is 4.57. The molecule has 0 radical (unpaired) electrons.